The van der Waals surface area contributed by atoms with Gasteiger partial charge in [-0.2, -0.15) is 0 Å². The van der Waals surface area contributed by atoms with Crippen molar-refractivity contribution in [2.45, 2.75) is 26.2 Å². The minimum absolute atomic E-state index is 0.00392. The molecule has 0 heterocycles. The van der Waals surface area contributed by atoms with E-state index in [1.807, 2.05) is 24.3 Å². The second kappa shape index (κ2) is 8.41. The third kappa shape index (κ3) is 4.47. The summed E-state index contributed by atoms with van der Waals surface area (Å²) in [7, 11) is 0. The number of unbranched alkanes of at least 4 members (excludes halogenated alkanes) is 1. The average molecular weight is 362 g/mol. The molecule has 4 heteroatoms. The lowest BCUT2D eigenvalue weighted by atomic mass is 10.0. The lowest BCUT2D eigenvalue weighted by Gasteiger charge is -2.12. The van der Waals surface area contributed by atoms with Crippen molar-refractivity contribution < 1.29 is 19.7 Å². The number of phenolic OH excluding ortho intramolecular Hbond substituents is 2. The van der Waals surface area contributed by atoms with Crippen LogP contribution in [0.15, 0.2) is 66.7 Å². The maximum absolute atomic E-state index is 12.6. The SMILES string of the molecule is CCCCc1ccc(Oc2cc(O)cc(C(=O)c3ccccc3)c2O)cc1. The van der Waals surface area contributed by atoms with Crippen molar-refractivity contribution in [3.05, 3.63) is 83.4 Å². The van der Waals surface area contributed by atoms with Crippen LogP contribution in [0.5, 0.6) is 23.0 Å². The van der Waals surface area contributed by atoms with Gasteiger partial charge in [-0.1, -0.05) is 55.8 Å². The zero-order valence-electron chi connectivity index (χ0n) is 15.2. The number of ketones is 1. The second-order valence-electron chi connectivity index (χ2n) is 6.38. The van der Waals surface area contributed by atoms with Crippen molar-refractivity contribution in [1.82, 2.24) is 0 Å². The fraction of sp³-hybridized carbons (Fsp3) is 0.174. The van der Waals surface area contributed by atoms with Crippen LogP contribution in [-0.4, -0.2) is 16.0 Å². The fourth-order valence-electron chi connectivity index (χ4n) is 2.82. The molecule has 0 aromatic heterocycles. The standard InChI is InChI=1S/C23H22O4/c1-2-3-7-16-10-12-19(13-11-16)27-21-15-18(24)14-20(23(21)26)22(25)17-8-5-4-6-9-17/h4-6,8-15,24,26H,2-3,7H2,1H3. The lowest BCUT2D eigenvalue weighted by Crippen LogP contribution is -2.02. The zero-order valence-corrected chi connectivity index (χ0v) is 15.2. The molecule has 0 fully saturated rings. The Morgan fingerprint density at radius 1 is 0.963 bits per heavy atom. The highest BCUT2D eigenvalue weighted by atomic mass is 16.5. The van der Waals surface area contributed by atoms with Gasteiger partial charge in [0.05, 0.1) is 5.56 Å². The molecule has 0 atom stereocenters. The molecule has 4 nitrogen and oxygen atoms in total. The largest absolute Gasteiger partial charge is 0.508 e. The molecule has 0 aliphatic carbocycles. The van der Waals surface area contributed by atoms with Gasteiger partial charge in [-0.25, -0.2) is 0 Å². The van der Waals surface area contributed by atoms with Gasteiger partial charge in [-0.05, 0) is 36.6 Å². The minimum Gasteiger partial charge on any atom is -0.508 e. The van der Waals surface area contributed by atoms with Gasteiger partial charge in [0.2, 0.25) is 0 Å². The molecule has 0 amide bonds. The molecule has 0 unspecified atom stereocenters. The van der Waals surface area contributed by atoms with E-state index in [1.54, 1.807) is 30.3 Å². The van der Waals surface area contributed by atoms with E-state index in [-0.39, 0.29) is 28.6 Å². The summed E-state index contributed by atoms with van der Waals surface area (Å²) in [6.45, 7) is 2.15. The van der Waals surface area contributed by atoms with Crippen molar-refractivity contribution in [2.24, 2.45) is 0 Å². The molecule has 0 aliphatic heterocycles. The quantitative estimate of drug-likeness (QED) is 0.432. The van der Waals surface area contributed by atoms with Gasteiger partial charge in [-0.15, -0.1) is 0 Å². The van der Waals surface area contributed by atoms with Crippen LogP contribution in [0, 0.1) is 0 Å². The smallest absolute Gasteiger partial charge is 0.197 e. The number of phenols is 2. The molecule has 3 aromatic carbocycles. The number of aryl methyl sites for hydroxylation is 1. The summed E-state index contributed by atoms with van der Waals surface area (Å²) in [5, 5.41) is 20.5. The third-order valence-electron chi connectivity index (χ3n) is 4.31. The van der Waals surface area contributed by atoms with E-state index in [0.717, 1.165) is 19.3 Å². The van der Waals surface area contributed by atoms with Crippen molar-refractivity contribution >= 4 is 5.78 Å². The number of rotatable bonds is 7. The van der Waals surface area contributed by atoms with Crippen LogP contribution in [0.25, 0.3) is 0 Å². The predicted molar refractivity (Wildman–Crippen MR) is 105 cm³/mol. The summed E-state index contributed by atoms with van der Waals surface area (Å²) >= 11 is 0. The fourth-order valence-corrected chi connectivity index (χ4v) is 2.82. The van der Waals surface area contributed by atoms with Crippen molar-refractivity contribution in [3.8, 4) is 23.0 Å². The molecule has 0 saturated heterocycles. The molecule has 0 radical (unpaired) electrons. The topological polar surface area (TPSA) is 66.8 Å². The van der Waals surface area contributed by atoms with Gasteiger partial charge in [-0.3, -0.25) is 4.79 Å². The first-order chi connectivity index (χ1) is 13.1. The second-order valence-corrected chi connectivity index (χ2v) is 6.38. The molecule has 0 aliphatic rings. The predicted octanol–water partition coefficient (Wildman–Crippen LogP) is 5.46. The van der Waals surface area contributed by atoms with Crippen LogP contribution in [0.4, 0.5) is 0 Å². The molecule has 0 saturated carbocycles. The molecule has 27 heavy (non-hydrogen) atoms. The van der Waals surface area contributed by atoms with Crippen molar-refractivity contribution in [3.63, 3.8) is 0 Å². The van der Waals surface area contributed by atoms with Crippen LogP contribution in [-0.2, 0) is 6.42 Å². The Hall–Kier alpha value is -3.27. The molecule has 2 N–H and O–H groups in total. The Labute approximate surface area is 158 Å². The Bertz CT molecular complexity index is 915. The van der Waals surface area contributed by atoms with Crippen molar-refractivity contribution in [1.29, 1.82) is 0 Å². The maximum Gasteiger partial charge on any atom is 0.197 e. The molecule has 138 valence electrons. The van der Waals surface area contributed by atoms with Crippen LogP contribution in [0.3, 0.4) is 0 Å². The van der Waals surface area contributed by atoms with E-state index in [2.05, 4.69) is 6.92 Å². The summed E-state index contributed by atoms with van der Waals surface area (Å²) in [5.74, 6) is -0.271. The van der Waals surface area contributed by atoms with E-state index in [4.69, 9.17) is 4.74 Å². The van der Waals surface area contributed by atoms with E-state index >= 15 is 0 Å². The molecule has 3 aromatic rings. The first-order valence-electron chi connectivity index (χ1n) is 9.01. The summed E-state index contributed by atoms with van der Waals surface area (Å²) in [5.41, 5.74) is 1.63. The number of benzene rings is 3. The van der Waals surface area contributed by atoms with Gasteiger partial charge in [0, 0.05) is 11.6 Å². The highest BCUT2D eigenvalue weighted by molar-refractivity contribution is 6.11. The number of hydrogen-bond acceptors (Lipinski definition) is 4. The van der Waals surface area contributed by atoms with E-state index in [1.165, 1.54) is 17.7 Å². The summed E-state index contributed by atoms with van der Waals surface area (Å²) in [6.07, 6.45) is 3.26. The normalized spacial score (nSPS) is 10.6. The van der Waals surface area contributed by atoms with E-state index in [9.17, 15) is 15.0 Å². The summed E-state index contributed by atoms with van der Waals surface area (Å²) < 4.78 is 5.71. The Morgan fingerprint density at radius 3 is 2.33 bits per heavy atom. The Balaban J connectivity index is 1.86. The van der Waals surface area contributed by atoms with Crippen LogP contribution < -0.4 is 4.74 Å². The van der Waals surface area contributed by atoms with Crippen LogP contribution in [0.1, 0.15) is 41.3 Å². The summed E-state index contributed by atoms with van der Waals surface area (Å²) in [6, 6.07) is 18.7. The maximum atomic E-state index is 12.6. The van der Waals surface area contributed by atoms with Gasteiger partial charge in [0.25, 0.3) is 0 Å². The van der Waals surface area contributed by atoms with Gasteiger partial charge in [0.15, 0.2) is 17.3 Å². The van der Waals surface area contributed by atoms with Gasteiger partial charge in [0.1, 0.15) is 11.5 Å². The highest BCUT2D eigenvalue weighted by Gasteiger charge is 2.19. The molecule has 3 rings (SSSR count). The van der Waals surface area contributed by atoms with Crippen LogP contribution in [0.2, 0.25) is 0 Å². The molecule has 0 spiro atoms. The molecule has 0 bridgehead atoms. The van der Waals surface area contributed by atoms with Gasteiger partial charge < -0.3 is 14.9 Å². The number of ether oxygens (including phenoxy) is 1. The lowest BCUT2D eigenvalue weighted by molar-refractivity contribution is 0.103. The molecular weight excluding hydrogens is 340 g/mol. The first-order valence-corrected chi connectivity index (χ1v) is 9.01. The number of carbonyl (C=O) groups excluding carboxylic acids is 1. The Kier molecular flexibility index (Phi) is 5.77. The minimum atomic E-state index is -0.385. The third-order valence-corrected chi connectivity index (χ3v) is 4.31. The van der Waals surface area contributed by atoms with Gasteiger partial charge >= 0.3 is 0 Å². The molecular formula is C23H22O4. The van der Waals surface area contributed by atoms with Crippen molar-refractivity contribution in [2.75, 3.05) is 0 Å². The zero-order chi connectivity index (χ0) is 19.2. The number of aromatic hydroxyl groups is 2. The average Bonchev–Trinajstić information content (AvgIpc) is 2.70. The highest BCUT2D eigenvalue weighted by Crippen LogP contribution is 2.38. The number of hydrogen-bond donors (Lipinski definition) is 2. The number of carbonyl (C=O) groups is 1. The first kappa shape index (κ1) is 18.5. The Morgan fingerprint density at radius 2 is 1.67 bits per heavy atom. The van der Waals surface area contributed by atoms with Crippen LogP contribution >= 0.6 is 0 Å². The van der Waals surface area contributed by atoms with E-state index < -0.39 is 0 Å². The van der Waals surface area contributed by atoms with E-state index in [0.29, 0.717) is 11.3 Å². The summed E-state index contributed by atoms with van der Waals surface area (Å²) in [4.78, 5) is 12.6. The monoisotopic (exact) mass is 362 g/mol.